The van der Waals surface area contributed by atoms with E-state index in [1.807, 2.05) is 0 Å². The van der Waals surface area contributed by atoms with Crippen LogP contribution in [0.1, 0.15) is 25.7 Å². The molecule has 0 unspecified atom stereocenters. The first-order valence-corrected chi connectivity index (χ1v) is 7.66. The standard InChI is InChI=1S/C11H20N4O3S/c1-14-7-9(10(12)13-14)19(17,18)15(2)8-11(16)5-3-4-6-11/h7,16H,3-6,8H2,1-2H3,(H2,12,13). The van der Waals surface area contributed by atoms with Crippen LogP contribution in [0.25, 0.3) is 0 Å². The molecule has 1 aromatic heterocycles. The Kier molecular flexibility index (Phi) is 3.59. The minimum absolute atomic E-state index is 0.0147. The summed E-state index contributed by atoms with van der Waals surface area (Å²) in [6.45, 7) is 0.0870. The lowest BCUT2D eigenvalue weighted by Crippen LogP contribution is -2.42. The normalized spacial score (nSPS) is 19.2. The van der Waals surface area contributed by atoms with Crippen LogP contribution in [-0.2, 0) is 17.1 Å². The number of sulfonamides is 1. The summed E-state index contributed by atoms with van der Waals surface area (Å²) in [6, 6.07) is 0. The van der Waals surface area contributed by atoms with Crippen LogP contribution in [0.3, 0.4) is 0 Å². The molecule has 1 aliphatic rings. The zero-order chi connectivity index (χ0) is 14.3. The maximum Gasteiger partial charge on any atom is 0.248 e. The summed E-state index contributed by atoms with van der Waals surface area (Å²) in [5.74, 6) is -0.0206. The monoisotopic (exact) mass is 288 g/mol. The van der Waals surface area contributed by atoms with Gasteiger partial charge in [0.05, 0.1) is 5.60 Å². The largest absolute Gasteiger partial charge is 0.389 e. The number of likely N-dealkylation sites (N-methyl/N-ethyl adjacent to an activating group) is 1. The van der Waals surface area contributed by atoms with E-state index in [0.717, 1.165) is 17.1 Å². The van der Waals surface area contributed by atoms with Crippen molar-refractivity contribution in [3.05, 3.63) is 6.20 Å². The van der Waals surface area contributed by atoms with Crippen LogP contribution in [0.4, 0.5) is 5.82 Å². The van der Waals surface area contributed by atoms with Crippen molar-refractivity contribution in [1.29, 1.82) is 0 Å². The zero-order valence-electron chi connectivity index (χ0n) is 11.2. The summed E-state index contributed by atoms with van der Waals surface area (Å²) >= 11 is 0. The van der Waals surface area contributed by atoms with Crippen LogP contribution in [0.15, 0.2) is 11.1 Å². The summed E-state index contributed by atoms with van der Waals surface area (Å²) in [5.41, 5.74) is 4.69. The highest BCUT2D eigenvalue weighted by molar-refractivity contribution is 7.89. The molecule has 7 nitrogen and oxygen atoms in total. The molecular formula is C11H20N4O3S. The number of nitrogen functional groups attached to an aromatic ring is 1. The van der Waals surface area contributed by atoms with E-state index in [0.29, 0.717) is 12.8 Å². The molecule has 0 amide bonds. The first-order chi connectivity index (χ1) is 8.74. The number of aromatic nitrogens is 2. The molecular weight excluding hydrogens is 268 g/mol. The Bertz CT molecular complexity index is 560. The van der Waals surface area contributed by atoms with Gasteiger partial charge in [-0.2, -0.15) is 9.40 Å². The number of anilines is 1. The fourth-order valence-electron chi connectivity index (χ4n) is 2.54. The van der Waals surface area contributed by atoms with Gasteiger partial charge in [-0.3, -0.25) is 4.68 Å². The van der Waals surface area contributed by atoms with Gasteiger partial charge >= 0.3 is 0 Å². The van der Waals surface area contributed by atoms with Gasteiger partial charge < -0.3 is 10.8 Å². The number of aryl methyl sites for hydroxylation is 1. The summed E-state index contributed by atoms with van der Waals surface area (Å²) in [6.07, 6.45) is 4.50. The smallest absolute Gasteiger partial charge is 0.248 e. The van der Waals surface area contributed by atoms with Crippen LogP contribution in [0, 0.1) is 0 Å². The minimum Gasteiger partial charge on any atom is -0.389 e. The molecule has 3 N–H and O–H groups in total. The molecule has 0 atom stereocenters. The third kappa shape index (κ3) is 2.75. The Hall–Kier alpha value is -1.12. The van der Waals surface area contributed by atoms with Crippen molar-refractivity contribution in [1.82, 2.24) is 14.1 Å². The molecule has 19 heavy (non-hydrogen) atoms. The van der Waals surface area contributed by atoms with Gasteiger partial charge in [0.1, 0.15) is 4.90 Å². The molecule has 1 fully saturated rings. The second-order valence-electron chi connectivity index (χ2n) is 5.24. The second-order valence-corrected chi connectivity index (χ2v) is 7.26. The van der Waals surface area contributed by atoms with Gasteiger partial charge in [-0.15, -0.1) is 0 Å². The topological polar surface area (TPSA) is 101 Å². The average Bonchev–Trinajstić information content (AvgIpc) is 2.85. The Morgan fingerprint density at radius 2 is 2.11 bits per heavy atom. The lowest BCUT2D eigenvalue weighted by atomic mass is 10.0. The van der Waals surface area contributed by atoms with E-state index in [1.54, 1.807) is 7.05 Å². The number of nitrogens with two attached hydrogens (primary N) is 1. The number of rotatable bonds is 4. The van der Waals surface area contributed by atoms with Gasteiger partial charge in [0, 0.05) is 26.8 Å². The molecule has 0 aromatic carbocycles. The Balaban J connectivity index is 2.22. The Morgan fingerprint density at radius 3 is 2.58 bits per heavy atom. The van der Waals surface area contributed by atoms with E-state index < -0.39 is 15.6 Å². The van der Waals surface area contributed by atoms with Gasteiger partial charge in [-0.1, -0.05) is 12.8 Å². The molecule has 1 aliphatic carbocycles. The molecule has 0 saturated heterocycles. The van der Waals surface area contributed by atoms with Crippen molar-refractivity contribution in [2.75, 3.05) is 19.3 Å². The SMILES string of the molecule is CN(CC1(O)CCCC1)S(=O)(=O)c1cn(C)nc1N. The van der Waals surface area contributed by atoms with E-state index in [9.17, 15) is 13.5 Å². The summed E-state index contributed by atoms with van der Waals surface area (Å²) < 4.78 is 27.3. The van der Waals surface area contributed by atoms with E-state index in [4.69, 9.17) is 5.73 Å². The van der Waals surface area contributed by atoms with Gasteiger partial charge in [-0.05, 0) is 12.8 Å². The highest BCUT2D eigenvalue weighted by atomic mass is 32.2. The van der Waals surface area contributed by atoms with Crippen LogP contribution in [0.2, 0.25) is 0 Å². The van der Waals surface area contributed by atoms with E-state index >= 15 is 0 Å². The lowest BCUT2D eigenvalue weighted by molar-refractivity contribution is 0.0333. The maximum atomic E-state index is 12.4. The Labute approximate surface area is 113 Å². The van der Waals surface area contributed by atoms with E-state index in [2.05, 4.69) is 5.10 Å². The van der Waals surface area contributed by atoms with Crippen LogP contribution >= 0.6 is 0 Å². The van der Waals surface area contributed by atoms with Crippen LogP contribution < -0.4 is 5.73 Å². The number of nitrogens with zero attached hydrogens (tertiary/aromatic N) is 3. The number of hydrogen-bond acceptors (Lipinski definition) is 5. The van der Waals surface area contributed by atoms with E-state index in [1.165, 1.54) is 17.9 Å². The van der Waals surface area contributed by atoms with Crippen molar-refractivity contribution in [3.8, 4) is 0 Å². The summed E-state index contributed by atoms with van der Waals surface area (Å²) in [5, 5.41) is 14.1. The summed E-state index contributed by atoms with van der Waals surface area (Å²) in [4.78, 5) is -0.0147. The fourth-order valence-corrected chi connectivity index (χ4v) is 3.88. The predicted octanol–water partition coefficient (Wildman–Crippen LogP) is -0.0721. The molecule has 108 valence electrons. The molecule has 1 aromatic rings. The molecule has 0 bridgehead atoms. The van der Waals surface area contributed by atoms with Crippen molar-refractivity contribution in [2.45, 2.75) is 36.2 Å². The van der Waals surface area contributed by atoms with Gasteiger partial charge in [0.25, 0.3) is 0 Å². The van der Waals surface area contributed by atoms with Crippen molar-refractivity contribution >= 4 is 15.8 Å². The summed E-state index contributed by atoms with van der Waals surface area (Å²) in [7, 11) is -0.642. The van der Waals surface area contributed by atoms with Gasteiger partial charge in [-0.25, -0.2) is 8.42 Å². The number of aliphatic hydroxyl groups is 1. The lowest BCUT2D eigenvalue weighted by Gasteiger charge is -2.27. The molecule has 0 spiro atoms. The maximum absolute atomic E-state index is 12.4. The fraction of sp³-hybridized carbons (Fsp3) is 0.727. The molecule has 0 aliphatic heterocycles. The quantitative estimate of drug-likeness (QED) is 0.807. The third-order valence-electron chi connectivity index (χ3n) is 3.56. The van der Waals surface area contributed by atoms with Crippen molar-refractivity contribution < 1.29 is 13.5 Å². The molecule has 8 heteroatoms. The zero-order valence-corrected chi connectivity index (χ0v) is 12.0. The Morgan fingerprint density at radius 1 is 1.53 bits per heavy atom. The highest BCUT2D eigenvalue weighted by Gasteiger charge is 2.36. The molecule has 0 radical (unpaired) electrons. The highest BCUT2D eigenvalue weighted by Crippen LogP contribution is 2.31. The minimum atomic E-state index is -3.71. The molecule has 1 saturated carbocycles. The van der Waals surface area contributed by atoms with Gasteiger partial charge in [0.2, 0.25) is 10.0 Å². The number of hydrogen-bond donors (Lipinski definition) is 2. The predicted molar refractivity (Wildman–Crippen MR) is 70.9 cm³/mol. The van der Waals surface area contributed by atoms with Crippen molar-refractivity contribution in [3.63, 3.8) is 0 Å². The molecule has 1 heterocycles. The first kappa shape index (κ1) is 14.3. The first-order valence-electron chi connectivity index (χ1n) is 6.22. The van der Waals surface area contributed by atoms with Gasteiger partial charge in [0.15, 0.2) is 5.82 Å². The van der Waals surface area contributed by atoms with Crippen LogP contribution in [0.5, 0.6) is 0 Å². The van der Waals surface area contributed by atoms with Crippen LogP contribution in [-0.4, -0.2) is 46.8 Å². The average molecular weight is 288 g/mol. The second kappa shape index (κ2) is 4.77. The van der Waals surface area contributed by atoms with Crippen molar-refractivity contribution in [2.24, 2.45) is 7.05 Å². The molecule has 2 rings (SSSR count). The third-order valence-corrected chi connectivity index (χ3v) is 5.38. The van der Waals surface area contributed by atoms with E-state index in [-0.39, 0.29) is 17.3 Å².